The Labute approximate surface area is 127 Å². The van der Waals surface area contributed by atoms with Crippen molar-refractivity contribution < 1.29 is 61.4 Å². The molecule has 2 aliphatic carbocycles. The number of hydrogen-bond donors (Lipinski definition) is 0. The molecule has 0 unspecified atom stereocenters. The average molecular weight is 313 g/mol. The molecule has 0 amide bonds. The molecule has 0 aromatic rings. The van der Waals surface area contributed by atoms with E-state index in [1.54, 1.807) is 20.8 Å². The van der Waals surface area contributed by atoms with Crippen LogP contribution in [0.25, 0.3) is 0 Å². The van der Waals surface area contributed by atoms with Gasteiger partial charge >= 0.3 is 90.7 Å². The first-order chi connectivity index (χ1) is 6.42. The Kier molecular flexibility index (Phi) is 11.2. The van der Waals surface area contributed by atoms with Crippen LogP contribution in [0.3, 0.4) is 0 Å². The van der Waals surface area contributed by atoms with Crippen LogP contribution in [-0.2, 0) is 24.1 Å². The van der Waals surface area contributed by atoms with Crippen LogP contribution in [0.1, 0.15) is 12.8 Å². The zero-order valence-corrected chi connectivity index (χ0v) is 12.3. The van der Waals surface area contributed by atoms with Gasteiger partial charge in [-0.25, -0.2) is 0 Å². The third-order valence-corrected chi connectivity index (χ3v) is 2.76. The van der Waals surface area contributed by atoms with Crippen LogP contribution in [0.5, 0.6) is 0 Å². The predicted octanol–water partition coefficient (Wildman–Crippen LogP) is -6.38. The molecule has 0 aliphatic heterocycles. The molecule has 86 valence electrons. The van der Waals surface area contributed by atoms with Crippen LogP contribution in [0.4, 0.5) is 0 Å². The second-order valence-electron chi connectivity index (χ2n) is 3.25. The Morgan fingerprint density at radius 1 is 0.938 bits per heavy atom. The van der Waals surface area contributed by atoms with Crippen LogP contribution in [-0.4, -0.2) is 6.10 Å². The van der Waals surface area contributed by atoms with E-state index < -0.39 is 0 Å². The minimum atomic E-state index is 0. The van der Waals surface area contributed by atoms with Gasteiger partial charge in [-0.15, -0.1) is 0 Å². The Balaban J connectivity index is 0. The summed E-state index contributed by atoms with van der Waals surface area (Å²) >= 11 is 1.78. The maximum atomic E-state index is 5.50. The van der Waals surface area contributed by atoms with E-state index in [0.29, 0.717) is 0 Å². The Bertz CT molecular complexity index is 291. The van der Waals surface area contributed by atoms with Gasteiger partial charge in [0.25, 0.3) is 0 Å². The van der Waals surface area contributed by atoms with E-state index in [4.69, 9.17) is 3.32 Å². The third kappa shape index (κ3) is 4.41. The van der Waals surface area contributed by atoms with Crippen molar-refractivity contribution in [2.45, 2.75) is 18.9 Å². The van der Waals surface area contributed by atoms with Gasteiger partial charge in [-0.2, -0.15) is 0 Å². The van der Waals surface area contributed by atoms with Crippen molar-refractivity contribution in [2.75, 3.05) is 0 Å². The van der Waals surface area contributed by atoms with Crippen LogP contribution in [0.15, 0.2) is 47.6 Å². The summed E-state index contributed by atoms with van der Waals surface area (Å²) in [5.41, 5.74) is 2.75. The zero-order chi connectivity index (χ0) is 9.10. The van der Waals surface area contributed by atoms with E-state index in [2.05, 4.69) is 36.5 Å². The second kappa shape index (κ2) is 9.53. The molecule has 0 aromatic heterocycles. The standard InChI is InChI=1S/C11H11O.3ClH.Ti/c12-11(9-5-1-2-6-9)10-7-3-4-8-10;;;;/h1-5,7,11H,6,8H2;3*1H;/q-1;;;;+4/p-3. The van der Waals surface area contributed by atoms with Crippen LogP contribution < -0.4 is 37.2 Å². The van der Waals surface area contributed by atoms with Gasteiger partial charge in [0.1, 0.15) is 0 Å². The van der Waals surface area contributed by atoms with Crippen molar-refractivity contribution in [3.05, 3.63) is 47.6 Å². The summed E-state index contributed by atoms with van der Waals surface area (Å²) in [5, 5.41) is 0. The van der Waals surface area contributed by atoms with Crippen molar-refractivity contribution in [1.29, 1.82) is 0 Å². The molecule has 0 fully saturated rings. The van der Waals surface area contributed by atoms with E-state index in [0.717, 1.165) is 12.8 Å². The molecule has 16 heavy (non-hydrogen) atoms. The Morgan fingerprint density at radius 2 is 1.38 bits per heavy atom. The van der Waals surface area contributed by atoms with Gasteiger partial charge in [0.05, 0.1) is 0 Å². The normalized spacial score (nSPS) is 16.2. The first-order valence-corrected chi connectivity index (χ1v) is 5.09. The van der Waals surface area contributed by atoms with Crippen molar-refractivity contribution in [3.63, 3.8) is 0 Å². The summed E-state index contributed by atoms with van der Waals surface area (Å²) < 4.78 is 5.50. The molecule has 0 aromatic carbocycles. The molecular weight excluding hydrogens is 302 g/mol. The second-order valence-corrected chi connectivity index (χ2v) is 3.61. The van der Waals surface area contributed by atoms with Gasteiger partial charge in [-0.05, 0) is 0 Å². The molecule has 0 atom stereocenters. The predicted molar refractivity (Wildman–Crippen MR) is 48.6 cm³/mol. The summed E-state index contributed by atoms with van der Waals surface area (Å²) in [6, 6.07) is 0. The van der Waals surface area contributed by atoms with Gasteiger partial charge in [0.15, 0.2) is 0 Å². The van der Waals surface area contributed by atoms with Crippen molar-refractivity contribution in [1.82, 2.24) is 0 Å². The van der Waals surface area contributed by atoms with Gasteiger partial charge in [0, 0.05) is 0 Å². The van der Waals surface area contributed by atoms with Crippen molar-refractivity contribution in [3.8, 4) is 0 Å². The first kappa shape index (κ1) is 18.9. The first-order valence-electron chi connectivity index (χ1n) is 4.45. The quantitative estimate of drug-likeness (QED) is 0.471. The summed E-state index contributed by atoms with van der Waals surface area (Å²) in [6.45, 7) is 0. The van der Waals surface area contributed by atoms with Crippen molar-refractivity contribution in [2.24, 2.45) is 0 Å². The fourth-order valence-corrected chi connectivity index (χ4v) is 2.18. The Hall–Kier alpha value is 0.504. The minimum absolute atomic E-state index is 0. The number of halogens is 3. The van der Waals surface area contributed by atoms with Gasteiger partial charge < -0.3 is 37.2 Å². The van der Waals surface area contributed by atoms with Gasteiger partial charge in [-0.3, -0.25) is 0 Å². The van der Waals surface area contributed by atoms with Crippen LogP contribution >= 0.6 is 0 Å². The molecule has 0 bridgehead atoms. The molecule has 0 saturated heterocycles. The topological polar surface area (TPSA) is 9.23 Å². The number of allylic oxidation sites excluding steroid dienone is 6. The fourth-order valence-electron chi connectivity index (χ4n) is 1.71. The van der Waals surface area contributed by atoms with Crippen LogP contribution in [0, 0.1) is 0 Å². The molecule has 0 N–H and O–H groups in total. The van der Waals surface area contributed by atoms with E-state index >= 15 is 0 Å². The van der Waals surface area contributed by atoms with Gasteiger partial charge in [0.2, 0.25) is 0 Å². The van der Waals surface area contributed by atoms with Crippen LogP contribution in [0.2, 0.25) is 0 Å². The molecule has 1 nitrogen and oxygen atoms in total. The zero-order valence-electron chi connectivity index (χ0n) is 8.50. The summed E-state index contributed by atoms with van der Waals surface area (Å²) in [7, 11) is 0. The molecular formula is C11H11Cl3OTi. The number of rotatable bonds is 3. The Morgan fingerprint density at radius 3 is 1.62 bits per heavy atom. The van der Waals surface area contributed by atoms with Gasteiger partial charge in [-0.1, -0.05) is 0 Å². The maximum absolute atomic E-state index is 5.50. The molecule has 0 saturated carbocycles. The molecule has 0 radical (unpaired) electrons. The summed E-state index contributed by atoms with van der Waals surface area (Å²) in [6.07, 6.45) is 15.1. The molecule has 2 aliphatic rings. The molecule has 0 heterocycles. The van der Waals surface area contributed by atoms with E-state index in [9.17, 15) is 0 Å². The molecule has 5 heteroatoms. The molecule has 2 rings (SSSR count). The fraction of sp³-hybridized carbons (Fsp3) is 0.273. The molecule has 0 spiro atoms. The van der Waals surface area contributed by atoms with E-state index in [1.165, 1.54) is 11.1 Å². The number of hydrogen-bond acceptors (Lipinski definition) is 1. The monoisotopic (exact) mass is 312 g/mol. The SMILES string of the molecule is [Cl-].[Cl-].[Cl-].[Ti+3][O]C(C1=CC=CC1)C1=CC=CC1. The summed E-state index contributed by atoms with van der Waals surface area (Å²) in [5.74, 6) is 0. The van der Waals surface area contributed by atoms with Crippen molar-refractivity contribution >= 4 is 0 Å². The van der Waals surface area contributed by atoms with E-state index in [1.807, 2.05) is 0 Å². The average Bonchev–Trinajstić information content (AvgIpc) is 2.76. The third-order valence-electron chi connectivity index (χ3n) is 2.39. The summed E-state index contributed by atoms with van der Waals surface area (Å²) in [4.78, 5) is 0. The van der Waals surface area contributed by atoms with E-state index in [-0.39, 0.29) is 43.3 Å².